The molecular formula is C8H6FNO3. The minimum atomic E-state index is -1.34. The molecule has 0 aromatic heterocycles. The molecule has 0 radical (unpaired) electrons. The molecule has 1 heterocycles. The molecule has 0 bridgehead atoms. The number of amides is 1. The molecule has 1 aliphatic heterocycles. The first-order chi connectivity index (χ1) is 6.18. The highest BCUT2D eigenvalue weighted by Gasteiger charge is 2.26. The predicted molar refractivity (Wildman–Crippen MR) is 40.5 cm³/mol. The van der Waals surface area contributed by atoms with Crippen LogP contribution in [0.1, 0.15) is 11.8 Å². The average molecular weight is 183 g/mol. The molecular weight excluding hydrogens is 177 g/mol. The number of fused-ring (bicyclic) bond motifs is 1. The van der Waals surface area contributed by atoms with E-state index in [1.165, 1.54) is 18.2 Å². The number of carbonyl (C=O) groups is 1. The Bertz CT molecular complexity index is 366. The molecule has 4 nitrogen and oxygen atoms in total. The molecule has 0 spiro atoms. The summed E-state index contributed by atoms with van der Waals surface area (Å²) in [7, 11) is 0. The maximum absolute atomic E-state index is 13.1. The lowest BCUT2D eigenvalue weighted by Gasteiger charge is -2.21. The second kappa shape index (κ2) is 2.70. The topological polar surface area (TPSA) is 58.6 Å². The molecule has 1 aromatic carbocycles. The van der Waals surface area contributed by atoms with Gasteiger partial charge in [-0.15, -0.1) is 0 Å². The molecule has 2 N–H and O–H groups in total. The lowest BCUT2D eigenvalue weighted by Crippen LogP contribution is -2.36. The Hall–Kier alpha value is -1.62. The number of hydrogen-bond donors (Lipinski definition) is 2. The van der Waals surface area contributed by atoms with E-state index in [0.29, 0.717) is 0 Å². The molecule has 0 fully saturated rings. The van der Waals surface area contributed by atoms with Gasteiger partial charge in [0.05, 0.1) is 5.56 Å². The zero-order valence-corrected chi connectivity index (χ0v) is 6.45. The van der Waals surface area contributed by atoms with Crippen LogP contribution in [0.2, 0.25) is 0 Å². The van der Waals surface area contributed by atoms with Gasteiger partial charge < -0.3 is 9.84 Å². The van der Waals surface area contributed by atoms with E-state index in [1.54, 1.807) is 0 Å². The standard InChI is InChI=1S/C8H6FNO3/c9-4-2-1-3-5-6(4)7(11)10-8(12)13-5/h1-3,7,11H,(H,10,12). The van der Waals surface area contributed by atoms with Crippen molar-refractivity contribution in [2.75, 3.05) is 0 Å². The fourth-order valence-corrected chi connectivity index (χ4v) is 1.18. The van der Waals surface area contributed by atoms with E-state index in [9.17, 15) is 14.3 Å². The van der Waals surface area contributed by atoms with Crippen molar-refractivity contribution >= 4 is 6.09 Å². The molecule has 1 aliphatic rings. The zero-order valence-electron chi connectivity index (χ0n) is 6.45. The van der Waals surface area contributed by atoms with Gasteiger partial charge in [0.1, 0.15) is 11.6 Å². The summed E-state index contributed by atoms with van der Waals surface area (Å²) in [5, 5.41) is 11.3. The van der Waals surface area contributed by atoms with Crippen molar-refractivity contribution in [2.45, 2.75) is 6.23 Å². The third kappa shape index (κ3) is 1.23. The van der Waals surface area contributed by atoms with Gasteiger partial charge in [0, 0.05) is 0 Å². The Morgan fingerprint density at radius 3 is 3.08 bits per heavy atom. The third-order valence-electron chi connectivity index (χ3n) is 1.74. The Balaban J connectivity index is 2.55. The highest BCUT2D eigenvalue weighted by atomic mass is 19.1. The second-order valence-corrected chi connectivity index (χ2v) is 2.59. The van der Waals surface area contributed by atoms with Gasteiger partial charge in [0.25, 0.3) is 0 Å². The first-order valence-electron chi connectivity index (χ1n) is 3.63. The molecule has 2 rings (SSSR count). The van der Waals surface area contributed by atoms with Crippen molar-refractivity contribution in [1.82, 2.24) is 5.32 Å². The van der Waals surface area contributed by atoms with Crippen LogP contribution in [0.4, 0.5) is 9.18 Å². The first-order valence-corrected chi connectivity index (χ1v) is 3.63. The van der Waals surface area contributed by atoms with Gasteiger partial charge in [-0.1, -0.05) is 6.07 Å². The van der Waals surface area contributed by atoms with Crippen LogP contribution >= 0.6 is 0 Å². The summed E-state index contributed by atoms with van der Waals surface area (Å²) in [5.74, 6) is -0.554. The summed E-state index contributed by atoms with van der Waals surface area (Å²) in [6.45, 7) is 0. The molecule has 68 valence electrons. The molecule has 0 aliphatic carbocycles. The largest absolute Gasteiger partial charge is 0.414 e. The smallest absolute Gasteiger partial charge is 0.410 e. The van der Waals surface area contributed by atoms with Crippen molar-refractivity contribution in [3.8, 4) is 5.75 Å². The lowest BCUT2D eigenvalue weighted by atomic mass is 10.1. The van der Waals surface area contributed by atoms with Crippen molar-refractivity contribution in [1.29, 1.82) is 0 Å². The number of ether oxygens (including phenoxy) is 1. The van der Waals surface area contributed by atoms with Crippen molar-refractivity contribution in [3.05, 3.63) is 29.6 Å². The summed E-state index contributed by atoms with van der Waals surface area (Å²) in [5.41, 5.74) is -0.0397. The fourth-order valence-electron chi connectivity index (χ4n) is 1.18. The summed E-state index contributed by atoms with van der Waals surface area (Å²) in [4.78, 5) is 10.7. The van der Waals surface area contributed by atoms with Crippen molar-refractivity contribution in [2.24, 2.45) is 0 Å². The van der Waals surface area contributed by atoms with Crippen LogP contribution in [0.5, 0.6) is 5.75 Å². The molecule has 13 heavy (non-hydrogen) atoms. The van der Waals surface area contributed by atoms with E-state index in [0.717, 1.165) is 0 Å². The maximum Gasteiger partial charge on any atom is 0.414 e. The number of halogens is 1. The Kier molecular flexibility index (Phi) is 1.66. The number of aliphatic hydroxyl groups excluding tert-OH is 1. The molecule has 5 heteroatoms. The highest BCUT2D eigenvalue weighted by molar-refractivity contribution is 5.73. The van der Waals surface area contributed by atoms with Crippen LogP contribution < -0.4 is 10.1 Å². The highest BCUT2D eigenvalue weighted by Crippen LogP contribution is 2.29. The van der Waals surface area contributed by atoms with Crippen LogP contribution in [0.25, 0.3) is 0 Å². The number of hydrogen-bond acceptors (Lipinski definition) is 3. The molecule has 1 amide bonds. The van der Waals surface area contributed by atoms with Crippen LogP contribution in [0.3, 0.4) is 0 Å². The van der Waals surface area contributed by atoms with Crippen molar-refractivity contribution < 1.29 is 19.0 Å². The lowest BCUT2D eigenvalue weighted by molar-refractivity contribution is 0.105. The van der Waals surface area contributed by atoms with Gasteiger partial charge in [-0.2, -0.15) is 0 Å². The minimum absolute atomic E-state index is 0.0397. The van der Waals surface area contributed by atoms with E-state index in [4.69, 9.17) is 0 Å². The quantitative estimate of drug-likeness (QED) is 0.628. The van der Waals surface area contributed by atoms with Gasteiger partial charge in [-0.05, 0) is 12.1 Å². The third-order valence-corrected chi connectivity index (χ3v) is 1.74. The Morgan fingerprint density at radius 1 is 1.54 bits per heavy atom. The monoisotopic (exact) mass is 183 g/mol. The molecule has 0 saturated heterocycles. The summed E-state index contributed by atoms with van der Waals surface area (Å²) in [6.07, 6.45) is -2.12. The molecule has 1 atom stereocenters. The van der Waals surface area contributed by atoms with Crippen molar-refractivity contribution in [3.63, 3.8) is 0 Å². The Morgan fingerprint density at radius 2 is 2.31 bits per heavy atom. The van der Waals surface area contributed by atoms with Gasteiger partial charge in [0.2, 0.25) is 0 Å². The van der Waals surface area contributed by atoms with E-state index < -0.39 is 18.1 Å². The van der Waals surface area contributed by atoms with E-state index in [1.807, 2.05) is 5.32 Å². The van der Waals surface area contributed by atoms with E-state index in [2.05, 4.69) is 4.74 Å². The van der Waals surface area contributed by atoms with Gasteiger partial charge in [-0.3, -0.25) is 5.32 Å². The first kappa shape index (κ1) is 8.00. The fraction of sp³-hybridized carbons (Fsp3) is 0.125. The van der Waals surface area contributed by atoms with Crippen LogP contribution in [-0.2, 0) is 0 Å². The maximum atomic E-state index is 13.1. The second-order valence-electron chi connectivity index (χ2n) is 2.59. The zero-order chi connectivity index (χ0) is 9.42. The van der Waals surface area contributed by atoms with E-state index in [-0.39, 0.29) is 11.3 Å². The SMILES string of the molecule is O=C1NC(O)c2c(F)cccc2O1. The minimum Gasteiger partial charge on any atom is -0.410 e. The molecule has 1 aromatic rings. The molecule has 0 saturated carbocycles. The number of rotatable bonds is 0. The summed E-state index contributed by atoms with van der Waals surface area (Å²) >= 11 is 0. The summed E-state index contributed by atoms with van der Waals surface area (Å²) < 4.78 is 17.7. The van der Waals surface area contributed by atoms with Gasteiger partial charge in [-0.25, -0.2) is 9.18 Å². The van der Waals surface area contributed by atoms with Crippen LogP contribution in [0, 0.1) is 5.82 Å². The average Bonchev–Trinajstić information content (AvgIpc) is 2.02. The summed E-state index contributed by atoms with van der Waals surface area (Å²) in [6, 6.07) is 4.00. The number of aliphatic hydroxyl groups is 1. The normalized spacial score (nSPS) is 20.2. The van der Waals surface area contributed by atoms with Crippen LogP contribution in [-0.4, -0.2) is 11.2 Å². The van der Waals surface area contributed by atoms with E-state index >= 15 is 0 Å². The number of carbonyl (C=O) groups excluding carboxylic acids is 1. The van der Waals surface area contributed by atoms with Gasteiger partial charge >= 0.3 is 6.09 Å². The van der Waals surface area contributed by atoms with Crippen LogP contribution in [0.15, 0.2) is 18.2 Å². The number of benzene rings is 1. The van der Waals surface area contributed by atoms with Gasteiger partial charge in [0.15, 0.2) is 6.23 Å². The number of nitrogens with one attached hydrogen (secondary N) is 1. The predicted octanol–water partition coefficient (Wildman–Crippen LogP) is 0.919. The Labute approximate surface area is 72.9 Å². The molecule has 1 unspecified atom stereocenters.